The number of fused-ring (bicyclic) bond motifs is 2. The van der Waals surface area contributed by atoms with Crippen LogP contribution in [-0.2, 0) is 15.5 Å². The second-order valence-electron chi connectivity index (χ2n) is 4.48. The second kappa shape index (κ2) is 4.11. The first-order valence-corrected chi connectivity index (χ1v) is 8.05. The molecule has 1 aliphatic carbocycles. The molecule has 0 radical (unpaired) electrons. The smallest absolute Gasteiger partial charge is 0.212 e. The van der Waals surface area contributed by atoms with Crippen LogP contribution in [0.5, 0.6) is 0 Å². The van der Waals surface area contributed by atoms with Gasteiger partial charge in [-0.25, -0.2) is 8.42 Å². The van der Waals surface area contributed by atoms with E-state index < -0.39 is 14.3 Å². The van der Waals surface area contributed by atoms with Gasteiger partial charge in [0.05, 0.1) is 5.25 Å². The molecule has 2 aromatic rings. The Balaban J connectivity index is 2.14. The molecule has 0 saturated carbocycles. The van der Waals surface area contributed by atoms with Gasteiger partial charge >= 0.3 is 0 Å². The quantitative estimate of drug-likeness (QED) is 0.750. The third-order valence-corrected chi connectivity index (χ3v) is 5.01. The number of hydrogen-bond acceptors (Lipinski definition) is 2. The molecule has 1 unspecified atom stereocenters. The maximum atomic E-state index is 11.4. The van der Waals surface area contributed by atoms with Crippen molar-refractivity contribution in [3.63, 3.8) is 0 Å². The van der Waals surface area contributed by atoms with Gasteiger partial charge in [0, 0.05) is 10.7 Å². The number of rotatable bonds is 1. The van der Waals surface area contributed by atoms with Crippen LogP contribution >= 0.6 is 10.7 Å². The highest BCUT2D eigenvalue weighted by atomic mass is 35.7. The lowest BCUT2D eigenvalue weighted by Gasteiger charge is -2.17. The van der Waals surface area contributed by atoms with Crippen LogP contribution in [0.3, 0.4) is 0 Å². The van der Waals surface area contributed by atoms with Crippen LogP contribution in [0, 0.1) is 0 Å². The van der Waals surface area contributed by atoms with Crippen molar-refractivity contribution in [3.05, 3.63) is 53.6 Å². The summed E-state index contributed by atoms with van der Waals surface area (Å²) in [6.45, 7) is 0. The van der Waals surface area contributed by atoms with Crippen molar-refractivity contribution in [2.24, 2.45) is 0 Å². The predicted molar refractivity (Wildman–Crippen MR) is 75.2 cm³/mol. The van der Waals surface area contributed by atoms with Crippen molar-refractivity contribution >= 4 is 36.6 Å². The van der Waals surface area contributed by atoms with Gasteiger partial charge in [-0.1, -0.05) is 42.5 Å². The van der Waals surface area contributed by atoms with Crippen LogP contribution in [0.4, 0.5) is 0 Å². The Bertz CT molecular complexity index is 747. The van der Waals surface area contributed by atoms with Crippen LogP contribution in [0.2, 0.25) is 0 Å². The summed E-state index contributed by atoms with van der Waals surface area (Å²) >= 11 is 0. The number of hydrogen-bond donors (Lipinski definition) is 0. The van der Waals surface area contributed by atoms with Crippen LogP contribution < -0.4 is 0 Å². The van der Waals surface area contributed by atoms with Crippen molar-refractivity contribution in [1.82, 2.24) is 0 Å². The summed E-state index contributed by atoms with van der Waals surface area (Å²) in [7, 11) is 1.88. The third kappa shape index (κ3) is 2.04. The molecule has 0 amide bonds. The highest BCUT2D eigenvalue weighted by Crippen LogP contribution is 2.28. The molecule has 0 aliphatic heterocycles. The highest BCUT2D eigenvalue weighted by Gasteiger charge is 2.24. The monoisotopic (exact) mass is 278 g/mol. The van der Waals surface area contributed by atoms with Crippen LogP contribution in [-0.4, -0.2) is 13.7 Å². The van der Waals surface area contributed by atoms with Crippen molar-refractivity contribution in [3.8, 4) is 0 Å². The van der Waals surface area contributed by atoms with E-state index in [-0.39, 0.29) is 0 Å². The average molecular weight is 279 g/mol. The van der Waals surface area contributed by atoms with Crippen molar-refractivity contribution in [1.29, 1.82) is 0 Å². The molecule has 0 N–H and O–H groups in total. The van der Waals surface area contributed by atoms with E-state index in [9.17, 15) is 8.42 Å². The minimum Gasteiger partial charge on any atom is -0.212 e. The van der Waals surface area contributed by atoms with Gasteiger partial charge in [-0.2, -0.15) is 0 Å². The molecule has 1 atom stereocenters. The summed E-state index contributed by atoms with van der Waals surface area (Å²) < 4.78 is 22.7. The SMILES string of the molecule is O=S(=O)(Cl)C1C=Cc2cc3ccccc3cc2C1. The van der Waals surface area contributed by atoms with E-state index in [1.165, 1.54) is 0 Å². The molecule has 3 rings (SSSR count). The van der Waals surface area contributed by atoms with Gasteiger partial charge in [0.15, 0.2) is 0 Å². The van der Waals surface area contributed by atoms with E-state index in [2.05, 4.69) is 6.07 Å². The van der Waals surface area contributed by atoms with Crippen molar-refractivity contribution in [2.45, 2.75) is 11.7 Å². The normalized spacial score (nSPS) is 18.8. The standard InChI is InChI=1S/C14H11ClO2S/c15-18(16,17)14-6-5-12-7-10-3-1-2-4-11(10)8-13(12)9-14/h1-8,14H,9H2. The molecule has 0 bridgehead atoms. The first-order valence-electron chi connectivity index (χ1n) is 5.67. The van der Waals surface area contributed by atoms with Gasteiger partial charge < -0.3 is 0 Å². The summed E-state index contributed by atoms with van der Waals surface area (Å²) in [4.78, 5) is 0. The first kappa shape index (κ1) is 11.8. The molecule has 0 saturated heterocycles. The van der Waals surface area contributed by atoms with Crippen LogP contribution in [0.1, 0.15) is 11.1 Å². The summed E-state index contributed by atoms with van der Waals surface area (Å²) in [5.74, 6) is 0. The van der Waals surface area contributed by atoms with E-state index >= 15 is 0 Å². The summed E-state index contributed by atoms with van der Waals surface area (Å²) in [5.41, 5.74) is 2.11. The topological polar surface area (TPSA) is 34.1 Å². The lowest BCUT2D eigenvalue weighted by molar-refractivity contribution is 0.601. The minimum atomic E-state index is -3.54. The molecule has 2 nitrogen and oxygen atoms in total. The van der Waals surface area contributed by atoms with Crippen LogP contribution in [0.25, 0.3) is 16.8 Å². The fraction of sp³-hybridized carbons (Fsp3) is 0.143. The molecular formula is C14H11ClO2S. The van der Waals surface area contributed by atoms with E-state index in [4.69, 9.17) is 10.7 Å². The van der Waals surface area contributed by atoms with Gasteiger partial charge in [-0.15, -0.1) is 0 Å². The zero-order valence-corrected chi connectivity index (χ0v) is 11.1. The maximum Gasteiger partial charge on any atom is 0.239 e. The molecular weight excluding hydrogens is 268 g/mol. The molecule has 0 fully saturated rings. The third-order valence-electron chi connectivity index (χ3n) is 3.28. The van der Waals surface area contributed by atoms with E-state index in [1.807, 2.05) is 36.4 Å². The Morgan fingerprint density at radius 1 is 1.11 bits per heavy atom. The van der Waals surface area contributed by atoms with Gasteiger partial charge in [-0.05, 0) is 34.4 Å². The van der Waals surface area contributed by atoms with Gasteiger partial charge in [0.2, 0.25) is 9.05 Å². The Kier molecular flexibility index (Phi) is 2.68. The lowest BCUT2D eigenvalue weighted by Crippen LogP contribution is -2.19. The van der Waals surface area contributed by atoms with Gasteiger partial charge in [0.1, 0.15) is 0 Å². The summed E-state index contributed by atoms with van der Waals surface area (Å²) in [6.07, 6.45) is 3.96. The number of halogens is 1. The molecule has 92 valence electrons. The van der Waals surface area contributed by atoms with Crippen molar-refractivity contribution < 1.29 is 8.42 Å². The predicted octanol–water partition coefficient (Wildman–Crippen LogP) is 3.35. The summed E-state index contributed by atoms with van der Waals surface area (Å²) in [6, 6.07) is 12.2. The molecule has 1 aliphatic rings. The largest absolute Gasteiger partial charge is 0.239 e. The van der Waals surface area contributed by atoms with E-state index in [0.29, 0.717) is 6.42 Å². The van der Waals surface area contributed by atoms with Crippen molar-refractivity contribution in [2.75, 3.05) is 0 Å². The zero-order valence-electron chi connectivity index (χ0n) is 9.51. The first-order chi connectivity index (χ1) is 8.54. The summed E-state index contributed by atoms with van der Waals surface area (Å²) in [5, 5.41) is 1.66. The molecule has 0 aromatic heterocycles. The molecule has 18 heavy (non-hydrogen) atoms. The van der Waals surface area contributed by atoms with Crippen LogP contribution in [0.15, 0.2) is 42.5 Å². The number of benzene rings is 2. The highest BCUT2D eigenvalue weighted by molar-refractivity contribution is 8.14. The Labute approximate surface area is 110 Å². The average Bonchev–Trinajstić information content (AvgIpc) is 2.34. The Hall–Kier alpha value is -1.32. The van der Waals surface area contributed by atoms with E-state index in [0.717, 1.165) is 21.9 Å². The minimum absolute atomic E-state index is 0.447. The Morgan fingerprint density at radius 3 is 2.44 bits per heavy atom. The van der Waals surface area contributed by atoms with Gasteiger partial charge in [-0.3, -0.25) is 0 Å². The molecule has 4 heteroatoms. The molecule has 0 heterocycles. The fourth-order valence-corrected chi connectivity index (χ4v) is 3.34. The maximum absolute atomic E-state index is 11.4. The fourth-order valence-electron chi connectivity index (χ4n) is 2.33. The zero-order chi connectivity index (χ0) is 12.8. The van der Waals surface area contributed by atoms with E-state index in [1.54, 1.807) is 6.08 Å². The lowest BCUT2D eigenvalue weighted by atomic mass is 9.94. The van der Waals surface area contributed by atoms with Gasteiger partial charge in [0.25, 0.3) is 0 Å². The molecule has 0 spiro atoms. The second-order valence-corrected chi connectivity index (χ2v) is 7.32. The molecule has 2 aromatic carbocycles. The Morgan fingerprint density at radius 2 is 1.78 bits per heavy atom.